The van der Waals surface area contributed by atoms with Crippen molar-refractivity contribution < 1.29 is 4.57 Å². The number of fused-ring (bicyclic) bond motifs is 1. The van der Waals surface area contributed by atoms with Gasteiger partial charge in [-0.1, -0.05) is 72.7 Å². The molecule has 0 unspecified atom stereocenters. The first-order valence-corrected chi connectivity index (χ1v) is 11.4. The number of nitrogens with zero attached hydrogens (tertiary/aromatic N) is 2. The molecule has 2 nitrogen and oxygen atoms in total. The largest absolute Gasteiger partial charge is 0.267 e. The number of benzene rings is 2. The van der Waals surface area contributed by atoms with E-state index in [9.17, 15) is 0 Å². The fourth-order valence-corrected chi connectivity index (χ4v) is 4.63. The minimum atomic E-state index is 0.0129. The highest BCUT2D eigenvalue weighted by Gasteiger charge is 2.36. The summed E-state index contributed by atoms with van der Waals surface area (Å²) in [6.07, 6.45) is 0. The van der Waals surface area contributed by atoms with Crippen LogP contribution in [0.25, 0.3) is 16.7 Å². The Morgan fingerprint density at radius 1 is 0.767 bits per heavy atom. The second-order valence-corrected chi connectivity index (χ2v) is 11.5. The Labute approximate surface area is 183 Å². The van der Waals surface area contributed by atoms with Gasteiger partial charge in [0.2, 0.25) is 0 Å². The monoisotopic (exact) mass is 405 g/mol. The van der Waals surface area contributed by atoms with E-state index in [1.54, 1.807) is 0 Å². The van der Waals surface area contributed by atoms with Gasteiger partial charge >= 0.3 is 0 Å². The Kier molecular flexibility index (Phi) is 5.69. The average molecular weight is 406 g/mol. The van der Waals surface area contributed by atoms with Gasteiger partial charge in [0.05, 0.1) is 12.5 Å². The van der Waals surface area contributed by atoms with Crippen LogP contribution in [0.15, 0.2) is 36.4 Å². The van der Waals surface area contributed by atoms with Crippen molar-refractivity contribution in [2.75, 3.05) is 0 Å². The highest BCUT2D eigenvalue weighted by Crippen LogP contribution is 2.39. The van der Waals surface area contributed by atoms with Crippen molar-refractivity contribution in [1.82, 2.24) is 4.57 Å². The third kappa shape index (κ3) is 3.82. The molecule has 0 spiro atoms. The first-order chi connectivity index (χ1) is 13.7. The molecule has 0 aliphatic carbocycles. The molecule has 0 radical (unpaired) electrons. The molecule has 1 aromatic heterocycles. The fraction of sp³-hybridized carbons (Fsp3) is 0.536. The molecule has 0 aliphatic heterocycles. The maximum Gasteiger partial charge on any atom is 0.267 e. The van der Waals surface area contributed by atoms with Crippen LogP contribution in [0.5, 0.6) is 0 Å². The summed E-state index contributed by atoms with van der Waals surface area (Å²) in [6, 6.07) is 13.8. The average Bonchev–Trinajstić information content (AvgIpc) is 2.92. The SMILES string of the molecule is CC(C)c1cc(C(C)(C)C)cc(C(C)C)c1-n1c(C(C)(C)C)[n+](C)c2ccccc21. The second kappa shape index (κ2) is 7.55. The van der Waals surface area contributed by atoms with E-state index in [4.69, 9.17) is 0 Å². The van der Waals surface area contributed by atoms with Crippen molar-refractivity contribution in [3.05, 3.63) is 58.9 Å². The Bertz CT molecular complexity index is 1040. The number of para-hydroxylation sites is 2. The topological polar surface area (TPSA) is 8.81 Å². The van der Waals surface area contributed by atoms with Gasteiger partial charge in [0.25, 0.3) is 5.82 Å². The van der Waals surface area contributed by atoms with E-state index in [0.29, 0.717) is 11.8 Å². The maximum atomic E-state index is 2.56. The Morgan fingerprint density at radius 3 is 1.70 bits per heavy atom. The zero-order chi connectivity index (χ0) is 22.6. The van der Waals surface area contributed by atoms with Gasteiger partial charge in [-0.15, -0.1) is 0 Å². The molecule has 0 bridgehead atoms. The maximum absolute atomic E-state index is 2.56. The van der Waals surface area contributed by atoms with Crippen molar-refractivity contribution in [2.24, 2.45) is 7.05 Å². The minimum Gasteiger partial charge on any atom is -0.229 e. The van der Waals surface area contributed by atoms with E-state index in [-0.39, 0.29) is 10.8 Å². The molecule has 2 aromatic carbocycles. The van der Waals surface area contributed by atoms with Gasteiger partial charge < -0.3 is 0 Å². The highest BCUT2D eigenvalue weighted by molar-refractivity contribution is 5.76. The lowest BCUT2D eigenvalue weighted by Gasteiger charge is -2.27. The second-order valence-electron chi connectivity index (χ2n) is 11.5. The number of hydrogen-bond acceptors (Lipinski definition) is 0. The molecule has 2 heteroatoms. The predicted molar refractivity (Wildman–Crippen MR) is 130 cm³/mol. The first kappa shape index (κ1) is 22.6. The zero-order valence-electron chi connectivity index (χ0n) is 21.0. The molecule has 0 N–H and O–H groups in total. The van der Waals surface area contributed by atoms with Gasteiger partial charge in [0.1, 0.15) is 5.69 Å². The standard InChI is InChI=1S/C28H41N2/c1-18(2)21-16-20(27(5,6)7)17-22(19(3)4)25(21)30-24-15-13-12-14-23(24)29(11)26(30)28(8,9)10/h12-19H,1-11H3/q+1. The summed E-state index contributed by atoms with van der Waals surface area (Å²) in [7, 11) is 2.22. The summed E-state index contributed by atoms with van der Waals surface area (Å²) in [4.78, 5) is 0. The lowest BCUT2D eigenvalue weighted by molar-refractivity contribution is -0.657. The fourth-order valence-electron chi connectivity index (χ4n) is 4.63. The van der Waals surface area contributed by atoms with E-state index >= 15 is 0 Å². The van der Waals surface area contributed by atoms with E-state index in [1.165, 1.54) is 39.2 Å². The molecule has 162 valence electrons. The molecule has 3 aromatic rings. The number of aryl methyl sites for hydroxylation is 1. The van der Waals surface area contributed by atoms with Gasteiger partial charge in [-0.25, -0.2) is 4.57 Å². The lowest BCUT2D eigenvalue weighted by Crippen LogP contribution is -2.40. The van der Waals surface area contributed by atoms with E-state index in [1.807, 2.05) is 0 Å². The van der Waals surface area contributed by atoms with Gasteiger partial charge in [0, 0.05) is 11.1 Å². The van der Waals surface area contributed by atoms with E-state index < -0.39 is 0 Å². The van der Waals surface area contributed by atoms with Crippen LogP contribution in [-0.2, 0) is 17.9 Å². The normalized spacial score (nSPS) is 13.1. The number of hydrogen-bond donors (Lipinski definition) is 0. The van der Waals surface area contributed by atoms with Crippen LogP contribution in [0.3, 0.4) is 0 Å². The summed E-state index contributed by atoms with van der Waals surface area (Å²) in [5.74, 6) is 2.23. The molecule has 1 heterocycles. The Morgan fingerprint density at radius 2 is 1.27 bits per heavy atom. The minimum absolute atomic E-state index is 0.0129. The number of rotatable bonds is 3. The van der Waals surface area contributed by atoms with E-state index in [0.717, 1.165) is 0 Å². The van der Waals surface area contributed by atoms with Crippen LogP contribution >= 0.6 is 0 Å². The summed E-state index contributed by atoms with van der Waals surface area (Å²) in [5.41, 5.74) is 8.41. The quantitative estimate of drug-likeness (QED) is 0.404. The van der Waals surface area contributed by atoms with Crippen molar-refractivity contribution in [2.45, 2.75) is 91.9 Å². The molecular weight excluding hydrogens is 364 g/mol. The van der Waals surface area contributed by atoms with Crippen molar-refractivity contribution >= 4 is 11.0 Å². The van der Waals surface area contributed by atoms with Crippen LogP contribution in [0.1, 0.15) is 104 Å². The Hall–Kier alpha value is -2.09. The first-order valence-electron chi connectivity index (χ1n) is 11.4. The van der Waals surface area contributed by atoms with Crippen LogP contribution in [0, 0.1) is 0 Å². The smallest absolute Gasteiger partial charge is 0.229 e. The third-order valence-electron chi connectivity index (χ3n) is 6.19. The van der Waals surface area contributed by atoms with Crippen LogP contribution in [0.2, 0.25) is 0 Å². The molecule has 0 atom stereocenters. The molecule has 0 saturated heterocycles. The summed E-state index contributed by atoms with van der Waals surface area (Å²) in [6.45, 7) is 23.3. The van der Waals surface area contributed by atoms with Crippen molar-refractivity contribution in [3.63, 3.8) is 0 Å². The van der Waals surface area contributed by atoms with Crippen LogP contribution in [-0.4, -0.2) is 4.57 Å². The van der Waals surface area contributed by atoms with Crippen molar-refractivity contribution in [3.8, 4) is 5.69 Å². The van der Waals surface area contributed by atoms with Gasteiger partial charge in [0.15, 0.2) is 11.0 Å². The number of imidazole rings is 1. The Balaban J connectivity index is 2.58. The summed E-state index contributed by atoms with van der Waals surface area (Å²) < 4.78 is 4.95. The van der Waals surface area contributed by atoms with E-state index in [2.05, 4.69) is 122 Å². The van der Waals surface area contributed by atoms with Gasteiger partial charge in [-0.2, -0.15) is 4.57 Å². The number of aromatic nitrogens is 2. The summed E-state index contributed by atoms with van der Waals surface area (Å²) in [5, 5.41) is 0. The molecule has 30 heavy (non-hydrogen) atoms. The molecule has 0 fully saturated rings. The van der Waals surface area contributed by atoms with Crippen LogP contribution in [0.4, 0.5) is 0 Å². The highest BCUT2D eigenvalue weighted by atomic mass is 15.2. The third-order valence-corrected chi connectivity index (χ3v) is 6.19. The van der Waals surface area contributed by atoms with Crippen molar-refractivity contribution in [1.29, 1.82) is 0 Å². The molecule has 0 saturated carbocycles. The molecule has 0 amide bonds. The summed E-state index contributed by atoms with van der Waals surface area (Å²) >= 11 is 0. The molecular formula is C28H41N2+. The zero-order valence-corrected chi connectivity index (χ0v) is 21.0. The predicted octanol–water partition coefficient (Wildman–Crippen LogP) is 7.30. The molecule has 0 aliphatic rings. The van der Waals surface area contributed by atoms with Gasteiger partial charge in [-0.3, -0.25) is 0 Å². The van der Waals surface area contributed by atoms with Gasteiger partial charge in [-0.05, 0) is 55.7 Å². The molecule has 3 rings (SSSR count). The van der Waals surface area contributed by atoms with Crippen LogP contribution < -0.4 is 4.57 Å². The lowest BCUT2D eigenvalue weighted by atomic mass is 9.80.